The minimum atomic E-state index is -4.59. The number of sulfone groups is 3. The first-order valence-electron chi connectivity index (χ1n) is 41.7. The Balaban J connectivity index is 0.000000252. The molecule has 1 aliphatic rings. The number of anilines is 3. The summed E-state index contributed by atoms with van der Waals surface area (Å²) in [5.41, 5.74) is 13.2. The number of halogens is 8. The third-order valence-corrected chi connectivity index (χ3v) is 23.5. The SMILES string of the molecule is CCCOc1cc(Cl)ccc1C(Nc1cc(OC)cc(S(C)(=O)=O)c1)C(=O)O.CCCOc1cc(Cl)ccc1C(Nc1cc(OC)cc(S(C)(=O)=O)c1)C(=O)OCC.CCOC(=O)C(Br)c1ccc(Cl)cc1OCCOCc1ccccc1.CCOC(=O)Cc1ccc(Cl)cc1OCCOCc1ccccc1.COc1cc(N)cc(S(C)(=O)=O)c1.FC(F)(F)Oc1ccc2c(c1)CCC2. The van der Waals surface area contributed by atoms with Crippen molar-refractivity contribution in [1.29, 1.82) is 0 Å². The van der Waals surface area contributed by atoms with Crippen LogP contribution in [-0.2, 0) is 105 Å². The molecule has 0 aromatic heterocycles. The molecule has 3 unspecified atom stereocenters. The molecule has 0 aliphatic heterocycles. The van der Waals surface area contributed by atoms with Gasteiger partial charge in [-0.1, -0.05) is 167 Å². The molecule has 0 bridgehead atoms. The summed E-state index contributed by atoms with van der Waals surface area (Å²) in [4.78, 5) is 47.9. The van der Waals surface area contributed by atoms with Gasteiger partial charge in [0.25, 0.3) is 0 Å². The van der Waals surface area contributed by atoms with E-state index in [1.54, 1.807) is 112 Å². The standard InChI is InChI=1S/C21H26ClNO6S.C19H20BrClO4.C19H22ClNO6S.C19H21ClO4.C10H9F3O.C8H11NO3S/c1-5-9-29-19-10-14(22)7-8-18(19)20(21(24)28-6-2)23-15-11-16(27-3)13-17(12-15)30(4,25)26;1-2-24-19(22)18(20)16-9-8-15(21)12-17(16)25-11-10-23-13-14-6-4-3-5-7-14;1-4-7-27-17-8-12(20)5-6-16(17)18(19(22)23)21-13-9-14(26-2)11-15(10-13)28(3,24)25;1-2-23-19(21)12-16-8-9-17(20)13-18(16)24-11-10-22-14-15-6-4-3-5-7-15;11-10(12,13)14-9-5-4-7-2-1-3-8(7)6-9;1-12-7-3-6(9)4-8(5-7)13(2,10)11/h7-8,10-13,20,23H,5-6,9H2,1-4H3;3-9,12,18H,2,10-11,13H2,1H3;5-6,8-11,18,21H,4,7H2,1-3H3,(H,22,23);3-9,13H,2,10-12,14H2,1H3;4-6H,1-3H2;3-5H,9H2,1-2H3. The van der Waals surface area contributed by atoms with Crippen molar-refractivity contribution in [2.45, 2.75) is 124 Å². The van der Waals surface area contributed by atoms with E-state index >= 15 is 0 Å². The highest BCUT2D eigenvalue weighted by molar-refractivity contribution is 9.09. The molecular formula is C96H109BrCl4F3N3O24S3. The molecule has 0 radical (unpaired) electrons. The van der Waals surface area contributed by atoms with Gasteiger partial charge in [0.1, 0.15) is 64.0 Å². The van der Waals surface area contributed by atoms with Crippen molar-refractivity contribution >= 4 is 133 Å². The van der Waals surface area contributed by atoms with Crippen molar-refractivity contribution in [1.82, 2.24) is 0 Å². The summed E-state index contributed by atoms with van der Waals surface area (Å²) in [6.07, 6.45) is 3.21. The number of nitrogens with one attached hydrogen (secondary N) is 2. The lowest BCUT2D eigenvalue weighted by molar-refractivity contribution is -0.274. The van der Waals surface area contributed by atoms with Gasteiger partial charge in [-0.05, 0) is 172 Å². The Morgan fingerprint density at radius 1 is 0.448 bits per heavy atom. The van der Waals surface area contributed by atoms with Crippen LogP contribution < -0.4 is 54.3 Å². The van der Waals surface area contributed by atoms with Gasteiger partial charge in [-0.15, -0.1) is 13.2 Å². The summed E-state index contributed by atoms with van der Waals surface area (Å²) >= 11 is 27.5. The largest absolute Gasteiger partial charge is 0.573 e. The predicted molar refractivity (Wildman–Crippen MR) is 514 cm³/mol. The Morgan fingerprint density at radius 2 is 0.851 bits per heavy atom. The van der Waals surface area contributed by atoms with Crippen molar-refractivity contribution in [2.24, 2.45) is 0 Å². The molecule has 10 aromatic carbocycles. The molecule has 134 heavy (non-hydrogen) atoms. The lowest BCUT2D eigenvalue weighted by Crippen LogP contribution is -2.24. The summed E-state index contributed by atoms with van der Waals surface area (Å²) in [6.45, 7) is 13.5. The first-order valence-corrected chi connectivity index (χ1v) is 49.8. The fourth-order valence-corrected chi connectivity index (χ4v) is 15.4. The van der Waals surface area contributed by atoms with Crippen molar-refractivity contribution in [3.63, 3.8) is 0 Å². The molecule has 0 amide bonds. The number of esters is 3. The first kappa shape index (κ1) is 112. The van der Waals surface area contributed by atoms with Crippen LogP contribution in [0.3, 0.4) is 0 Å². The summed E-state index contributed by atoms with van der Waals surface area (Å²) in [5, 5.41) is 17.7. The lowest BCUT2D eigenvalue weighted by atomic mass is 10.0. The Kier molecular flexibility index (Phi) is 47.1. The van der Waals surface area contributed by atoms with Crippen molar-refractivity contribution < 1.29 is 124 Å². The molecular weight excluding hydrogens is 1950 g/mol. The number of nitrogens with two attached hydrogens (primary N) is 1. The van der Waals surface area contributed by atoms with Gasteiger partial charge in [0, 0.05) is 96.4 Å². The average molecular weight is 2060 g/mol. The molecule has 0 spiro atoms. The van der Waals surface area contributed by atoms with E-state index in [-0.39, 0.29) is 56.8 Å². The Hall–Kier alpha value is -10.9. The van der Waals surface area contributed by atoms with E-state index in [0.29, 0.717) is 149 Å². The van der Waals surface area contributed by atoms with Crippen LogP contribution in [0.25, 0.3) is 0 Å². The van der Waals surface area contributed by atoms with Gasteiger partial charge in [-0.3, -0.25) is 9.59 Å². The number of nitrogen functional groups attached to an aromatic ring is 1. The van der Waals surface area contributed by atoms with E-state index in [0.717, 1.165) is 78.7 Å². The van der Waals surface area contributed by atoms with E-state index in [4.69, 9.17) is 109 Å². The fourth-order valence-electron chi connectivity index (χ4n) is 12.2. The zero-order valence-electron chi connectivity index (χ0n) is 75.5. The van der Waals surface area contributed by atoms with Gasteiger partial charge in [0.05, 0.1) is 102 Å². The van der Waals surface area contributed by atoms with Crippen LogP contribution in [0.4, 0.5) is 30.2 Å². The minimum Gasteiger partial charge on any atom is -0.497 e. The number of rotatable bonds is 40. The van der Waals surface area contributed by atoms with Crippen LogP contribution in [0.5, 0.6) is 46.0 Å². The number of methoxy groups -OCH3 is 3. The number of carbonyl (C=O) groups is 4. The molecule has 27 nitrogen and oxygen atoms in total. The van der Waals surface area contributed by atoms with Crippen molar-refractivity contribution in [3.8, 4) is 46.0 Å². The molecule has 726 valence electrons. The number of aryl methyl sites for hydroxylation is 2. The molecule has 0 saturated carbocycles. The molecule has 0 heterocycles. The third kappa shape index (κ3) is 39.6. The second-order valence-corrected chi connectivity index (χ2v) is 37.7. The van der Waals surface area contributed by atoms with Gasteiger partial charge in [0.15, 0.2) is 41.6 Å². The second kappa shape index (κ2) is 56.4. The number of aliphatic carboxylic acids is 1. The van der Waals surface area contributed by atoms with Crippen LogP contribution in [0.1, 0.15) is 115 Å². The van der Waals surface area contributed by atoms with Crippen LogP contribution in [0.2, 0.25) is 20.1 Å². The predicted octanol–water partition coefficient (Wildman–Crippen LogP) is 20.8. The number of benzene rings is 10. The Labute approximate surface area is 808 Å². The zero-order valence-corrected chi connectivity index (χ0v) is 82.6. The van der Waals surface area contributed by atoms with Gasteiger partial charge in [-0.25, -0.2) is 34.8 Å². The second-order valence-electron chi connectivity index (χ2n) is 29.0. The highest BCUT2D eigenvalue weighted by Gasteiger charge is 2.33. The molecule has 38 heteroatoms. The zero-order chi connectivity index (χ0) is 98.7. The van der Waals surface area contributed by atoms with E-state index in [2.05, 4.69) is 31.3 Å². The summed E-state index contributed by atoms with van der Waals surface area (Å²) < 4.78 is 174. The number of fused-ring (bicyclic) bond motifs is 1. The van der Waals surface area contributed by atoms with Gasteiger partial charge in [-0.2, -0.15) is 0 Å². The minimum absolute atomic E-state index is 0.0112. The maximum Gasteiger partial charge on any atom is 0.573 e. The number of carboxylic acids is 1. The average Bonchev–Trinajstić information content (AvgIpc) is 0.948. The third-order valence-electron chi connectivity index (χ3n) is 18.5. The van der Waals surface area contributed by atoms with E-state index in [1.165, 1.54) is 75.9 Å². The van der Waals surface area contributed by atoms with E-state index < -0.39 is 64.7 Å². The summed E-state index contributed by atoms with van der Waals surface area (Å²) in [6, 6.07) is 55.4. The molecule has 5 N–H and O–H groups in total. The lowest BCUT2D eigenvalue weighted by Gasteiger charge is -2.22. The van der Waals surface area contributed by atoms with Gasteiger partial charge < -0.3 is 83.1 Å². The Bertz CT molecular complexity index is 5820. The summed E-state index contributed by atoms with van der Waals surface area (Å²) in [5.74, 6) is 0.511. The number of ether oxygens (including phenoxy) is 13. The maximum atomic E-state index is 12.8. The van der Waals surface area contributed by atoms with Crippen LogP contribution in [0.15, 0.2) is 221 Å². The van der Waals surface area contributed by atoms with E-state index in [9.17, 15) is 62.7 Å². The molecule has 0 saturated heterocycles. The topological polar surface area (TPSA) is 361 Å². The number of carbonyl (C=O) groups excluding carboxylic acids is 3. The first-order chi connectivity index (χ1) is 63.6. The van der Waals surface area contributed by atoms with Crippen LogP contribution in [0, 0.1) is 0 Å². The van der Waals surface area contributed by atoms with Crippen LogP contribution in [-0.4, -0.2) is 160 Å². The van der Waals surface area contributed by atoms with E-state index in [1.807, 2.05) is 74.5 Å². The summed E-state index contributed by atoms with van der Waals surface area (Å²) in [7, 11) is -5.93. The highest BCUT2D eigenvalue weighted by Crippen LogP contribution is 2.39. The smallest absolute Gasteiger partial charge is 0.497 e. The van der Waals surface area contributed by atoms with Gasteiger partial charge in [0.2, 0.25) is 0 Å². The normalized spacial score (nSPS) is 12.1. The monoisotopic (exact) mass is 2060 g/mol. The molecule has 10 aromatic rings. The molecule has 0 fully saturated rings. The van der Waals surface area contributed by atoms with Crippen LogP contribution >= 0.6 is 62.3 Å². The van der Waals surface area contributed by atoms with Crippen molar-refractivity contribution in [3.05, 3.63) is 271 Å². The Morgan fingerprint density at radius 3 is 1.30 bits per heavy atom. The highest BCUT2D eigenvalue weighted by atomic mass is 79.9. The molecule has 3 atom stereocenters. The number of carboxylic acid groups (broad SMARTS) is 1. The number of alkyl halides is 4. The molecule has 11 rings (SSSR count). The van der Waals surface area contributed by atoms with Gasteiger partial charge >= 0.3 is 30.2 Å². The molecule has 1 aliphatic carbocycles. The quantitative estimate of drug-likeness (QED) is 0.00911. The number of hydrogen-bond donors (Lipinski definition) is 4. The number of hydrogen-bond acceptors (Lipinski definition) is 26. The van der Waals surface area contributed by atoms with Crippen molar-refractivity contribution in [2.75, 3.05) is 116 Å². The maximum absolute atomic E-state index is 12.8. The fraction of sp³-hybridized carbons (Fsp3) is 0.333.